The molecule has 5 nitrogen and oxygen atoms in total. The molecule has 0 amide bonds. The maximum atomic E-state index is 13.6. The van der Waals surface area contributed by atoms with Gasteiger partial charge in [-0.3, -0.25) is 14.6 Å². The lowest BCUT2D eigenvalue weighted by Crippen LogP contribution is -2.05. The van der Waals surface area contributed by atoms with Gasteiger partial charge in [-0.15, -0.1) is 0 Å². The number of pyridine rings is 2. The summed E-state index contributed by atoms with van der Waals surface area (Å²) in [4.78, 5) is 8.15. The maximum Gasteiger partial charge on any atom is 0.387 e. The highest BCUT2D eigenvalue weighted by Crippen LogP contribution is 2.29. The van der Waals surface area contributed by atoms with E-state index in [0.29, 0.717) is 27.7 Å². The van der Waals surface area contributed by atoms with E-state index in [1.54, 1.807) is 10.7 Å². The molecule has 0 atom stereocenters. The van der Waals surface area contributed by atoms with Crippen molar-refractivity contribution in [2.45, 2.75) is 19.6 Å². The summed E-state index contributed by atoms with van der Waals surface area (Å²) in [5, 5.41) is 4.23. The SMILES string of the molecule is Fc1ccc(-c2cnc3cnn(Cc4cncc(OC(F)F)c4)c3c2)cc1C(F)F. The lowest BCUT2D eigenvalue weighted by atomic mass is 10.0. The first-order chi connectivity index (χ1) is 14.4. The average Bonchev–Trinajstić information content (AvgIpc) is 3.10. The minimum absolute atomic E-state index is 0.0800. The van der Waals surface area contributed by atoms with Crippen LogP contribution >= 0.6 is 0 Å². The summed E-state index contributed by atoms with van der Waals surface area (Å²) in [6.07, 6.45) is 2.71. The summed E-state index contributed by atoms with van der Waals surface area (Å²) in [7, 11) is 0. The van der Waals surface area contributed by atoms with Crippen LogP contribution in [0.3, 0.4) is 0 Å². The topological polar surface area (TPSA) is 52.8 Å². The molecule has 0 fully saturated rings. The Bertz CT molecular complexity index is 1200. The zero-order chi connectivity index (χ0) is 21.3. The molecule has 30 heavy (non-hydrogen) atoms. The van der Waals surface area contributed by atoms with Gasteiger partial charge in [0.2, 0.25) is 0 Å². The van der Waals surface area contributed by atoms with Crippen molar-refractivity contribution in [1.82, 2.24) is 19.7 Å². The van der Waals surface area contributed by atoms with E-state index in [-0.39, 0.29) is 12.3 Å². The summed E-state index contributed by atoms with van der Waals surface area (Å²) in [6, 6.07) is 6.56. The first-order valence-electron chi connectivity index (χ1n) is 8.69. The molecule has 4 aromatic rings. The number of halogens is 5. The van der Waals surface area contributed by atoms with Gasteiger partial charge in [-0.25, -0.2) is 13.2 Å². The molecule has 0 radical (unpaired) electrons. The van der Waals surface area contributed by atoms with E-state index in [1.165, 1.54) is 36.9 Å². The second-order valence-electron chi connectivity index (χ2n) is 6.37. The van der Waals surface area contributed by atoms with Crippen molar-refractivity contribution in [3.63, 3.8) is 0 Å². The Morgan fingerprint density at radius 3 is 2.53 bits per heavy atom. The minimum atomic E-state index is -2.96. The third-order valence-corrected chi connectivity index (χ3v) is 4.39. The van der Waals surface area contributed by atoms with Gasteiger partial charge >= 0.3 is 6.61 Å². The van der Waals surface area contributed by atoms with Crippen LogP contribution in [0.1, 0.15) is 17.6 Å². The van der Waals surface area contributed by atoms with Crippen LogP contribution in [0.4, 0.5) is 22.0 Å². The zero-order valence-corrected chi connectivity index (χ0v) is 15.1. The monoisotopic (exact) mass is 420 g/mol. The van der Waals surface area contributed by atoms with Crippen LogP contribution in [0.2, 0.25) is 0 Å². The van der Waals surface area contributed by atoms with Gasteiger partial charge in [0.05, 0.1) is 30.0 Å². The quantitative estimate of drug-likeness (QED) is 0.402. The van der Waals surface area contributed by atoms with Gasteiger partial charge in [0.15, 0.2) is 0 Å². The highest BCUT2D eigenvalue weighted by atomic mass is 19.3. The van der Waals surface area contributed by atoms with Crippen LogP contribution in [0, 0.1) is 5.82 Å². The molecule has 10 heteroatoms. The molecule has 0 saturated carbocycles. The Morgan fingerprint density at radius 2 is 1.77 bits per heavy atom. The second-order valence-corrected chi connectivity index (χ2v) is 6.37. The fourth-order valence-corrected chi connectivity index (χ4v) is 3.02. The first-order valence-corrected chi connectivity index (χ1v) is 8.69. The second kappa shape index (κ2) is 8.05. The number of fused-ring (bicyclic) bond motifs is 1. The summed E-state index contributed by atoms with van der Waals surface area (Å²) in [5.41, 5.74) is 1.87. The Hall–Kier alpha value is -3.56. The van der Waals surface area contributed by atoms with Crippen molar-refractivity contribution < 1.29 is 26.7 Å². The van der Waals surface area contributed by atoms with Gasteiger partial charge in [-0.05, 0) is 35.4 Å². The number of benzene rings is 1. The van der Waals surface area contributed by atoms with Crippen LogP contribution in [0.25, 0.3) is 22.2 Å². The number of aromatic nitrogens is 4. The molecule has 4 rings (SSSR count). The predicted molar refractivity (Wildman–Crippen MR) is 97.9 cm³/mol. The van der Waals surface area contributed by atoms with Crippen LogP contribution in [-0.4, -0.2) is 26.4 Å². The van der Waals surface area contributed by atoms with Crippen molar-refractivity contribution in [1.29, 1.82) is 0 Å². The third-order valence-electron chi connectivity index (χ3n) is 4.39. The summed E-state index contributed by atoms with van der Waals surface area (Å²) >= 11 is 0. The van der Waals surface area contributed by atoms with Crippen molar-refractivity contribution in [3.8, 4) is 16.9 Å². The molecule has 0 bridgehead atoms. The minimum Gasteiger partial charge on any atom is -0.433 e. The number of rotatable bonds is 6. The predicted octanol–water partition coefficient (Wildman–Crippen LogP) is 5.22. The third kappa shape index (κ3) is 4.07. The molecule has 3 heterocycles. The molecular formula is C20H13F5N4O. The van der Waals surface area contributed by atoms with E-state index in [1.807, 2.05) is 0 Å². The Labute approximate surface area is 166 Å². The highest BCUT2D eigenvalue weighted by Gasteiger charge is 2.15. The molecule has 0 aliphatic rings. The number of ether oxygens (including phenoxy) is 1. The maximum absolute atomic E-state index is 13.6. The number of alkyl halides is 4. The molecule has 0 unspecified atom stereocenters. The van der Waals surface area contributed by atoms with E-state index in [9.17, 15) is 22.0 Å². The fraction of sp³-hybridized carbons (Fsp3) is 0.150. The standard InChI is InChI=1S/C20H13F5N4O/c21-16-2-1-12(4-15(16)19(22)23)13-5-18-17(27-7-13)9-28-29(18)10-11-3-14(8-26-6-11)30-20(24)25/h1-9,19-20H,10H2. The van der Waals surface area contributed by atoms with Crippen LogP contribution in [0.15, 0.2) is 55.1 Å². The van der Waals surface area contributed by atoms with Gasteiger partial charge < -0.3 is 4.74 Å². The lowest BCUT2D eigenvalue weighted by molar-refractivity contribution is -0.0501. The van der Waals surface area contributed by atoms with Gasteiger partial charge in [-0.1, -0.05) is 6.07 Å². The Morgan fingerprint density at radius 1 is 0.933 bits per heavy atom. The summed E-state index contributed by atoms with van der Waals surface area (Å²) in [6.45, 7) is -2.78. The highest BCUT2D eigenvalue weighted by molar-refractivity contribution is 5.80. The summed E-state index contributed by atoms with van der Waals surface area (Å²) in [5.74, 6) is -1.06. The lowest BCUT2D eigenvalue weighted by Gasteiger charge is -2.09. The molecule has 1 aromatic carbocycles. The van der Waals surface area contributed by atoms with Crippen molar-refractivity contribution in [3.05, 3.63) is 72.1 Å². The van der Waals surface area contributed by atoms with E-state index < -0.39 is 24.4 Å². The van der Waals surface area contributed by atoms with Gasteiger partial charge in [-0.2, -0.15) is 13.9 Å². The van der Waals surface area contributed by atoms with Gasteiger partial charge in [0, 0.05) is 18.0 Å². The van der Waals surface area contributed by atoms with Crippen LogP contribution < -0.4 is 4.74 Å². The molecule has 0 spiro atoms. The molecule has 0 N–H and O–H groups in total. The normalized spacial score (nSPS) is 11.6. The first kappa shape index (κ1) is 19.7. The van der Waals surface area contributed by atoms with E-state index >= 15 is 0 Å². The Balaban J connectivity index is 1.68. The molecule has 3 aromatic heterocycles. The molecule has 154 valence electrons. The average molecular weight is 420 g/mol. The molecule has 0 saturated heterocycles. The van der Waals surface area contributed by atoms with E-state index in [2.05, 4.69) is 19.8 Å². The largest absolute Gasteiger partial charge is 0.433 e. The van der Waals surface area contributed by atoms with E-state index in [4.69, 9.17) is 0 Å². The number of hydrogen-bond donors (Lipinski definition) is 0. The zero-order valence-electron chi connectivity index (χ0n) is 15.1. The summed E-state index contributed by atoms with van der Waals surface area (Å²) < 4.78 is 70.3. The van der Waals surface area contributed by atoms with Crippen LogP contribution in [0.5, 0.6) is 5.75 Å². The Kier molecular flexibility index (Phi) is 5.30. The fourth-order valence-electron chi connectivity index (χ4n) is 3.02. The number of hydrogen-bond acceptors (Lipinski definition) is 4. The van der Waals surface area contributed by atoms with Crippen molar-refractivity contribution in [2.75, 3.05) is 0 Å². The molecular weight excluding hydrogens is 407 g/mol. The van der Waals surface area contributed by atoms with Gasteiger partial charge in [0.25, 0.3) is 6.43 Å². The number of nitrogens with zero attached hydrogens (tertiary/aromatic N) is 4. The molecule has 0 aliphatic heterocycles. The molecule has 0 aliphatic carbocycles. The van der Waals surface area contributed by atoms with E-state index in [0.717, 1.165) is 12.1 Å². The van der Waals surface area contributed by atoms with Crippen LogP contribution in [-0.2, 0) is 6.54 Å². The smallest absolute Gasteiger partial charge is 0.387 e. The van der Waals surface area contributed by atoms with Crippen molar-refractivity contribution >= 4 is 11.0 Å². The van der Waals surface area contributed by atoms with Crippen molar-refractivity contribution in [2.24, 2.45) is 0 Å². The van der Waals surface area contributed by atoms with Gasteiger partial charge in [0.1, 0.15) is 17.1 Å².